The van der Waals surface area contributed by atoms with Crippen LogP contribution in [0.5, 0.6) is 0 Å². The zero-order valence-electron chi connectivity index (χ0n) is 14.0. The number of alkyl halides is 3. The summed E-state index contributed by atoms with van der Waals surface area (Å²) in [7, 11) is -2.43. The molecule has 1 rings (SSSR count). The first-order chi connectivity index (χ1) is 10.3. The van der Waals surface area contributed by atoms with Gasteiger partial charge in [0.05, 0.1) is 18.1 Å². The van der Waals surface area contributed by atoms with Crippen molar-refractivity contribution in [3.05, 3.63) is 35.4 Å². The fraction of sp³-hybridized carbons (Fsp3) is 0.562. The lowest BCUT2D eigenvalue weighted by molar-refractivity contribution is -0.142. The maximum Gasteiger partial charge on any atom is 0.416 e. The minimum absolute atomic E-state index is 0.118. The van der Waals surface area contributed by atoms with Crippen LogP contribution in [-0.4, -0.2) is 19.4 Å². The van der Waals surface area contributed by atoms with E-state index in [2.05, 4.69) is 0 Å². The number of rotatable bonds is 5. The summed E-state index contributed by atoms with van der Waals surface area (Å²) in [5.74, 6) is -1.19. The van der Waals surface area contributed by atoms with Gasteiger partial charge in [-0.2, -0.15) is 13.2 Å². The Hall–Kier alpha value is -1.34. The van der Waals surface area contributed by atoms with E-state index in [1.54, 1.807) is 0 Å². The molecule has 1 atom stereocenters. The maximum absolute atomic E-state index is 13.2. The van der Waals surface area contributed by atoms with Crippen molar-refractivity contribution in [3.8, 4) is 0 Å². The molecule has 1 aromatic carbocycles. The molecule has 0 fully saturated rings. The molecule has 0 amide bonds. The molecule has 0 aliphatic carbocycles. The van der Waals surface area contributed by atoms with Gasteiger partial charge in [0, 0.05) is 0 Å². The number of carboxylic acids is 1. The number of hydrogen-bond donors (Lipinski definition) is 1. The van der Waals surface area contributed by atoms with Crippen molar-refractivity contribution in [3.63, 3.8) is 0 Å². The van der Waals surface area contributed by atoms with Gasteiger partial charge in [-0.25, -0.2) is 0 Å². The van der Waals surface area contributed by atoms with E-state index in [9.17, 15) is 18.0 Å². The average molecular weight is 348 g/mol. The van der Waals surface area contributed by atoms with Crippen molar-refractivity contribution in [1.82, 2.24) is 0 Å². The fourth-order valence-corrected chi connectivity index (χ4v) is 3.22. The summed E-state index contributed by atoms with van der Waals surface area (Å²) in [6.45, 7) is 9.63. The largest absolute Gasteiger partial charge is 0.481 e. The van der Waals surface area contributed by atoms with E-state index in [4.69, 9.17) is 9.53 Å². The predicted molar refractivity (Wildman–Crippen MR) is 84.7 cm³/mol. The van der Waals surface area contributed by atoms with Gasteiger partial charge in [-0.3, -0.25) is 4.79 Å². The van der Waals surface area contributed by atoms with E-state index in [1.165, 1.54) is 18.2 Å². The highest BCUT2D eigenvalue weighted by molar-refractivity contribution is 6.74. The third kappa shape index (κ3) is 5.07. The van der Waals surface area contributed by atoms with E-state index in [0.717, 1.165) is 6.07 Å². The number of halogens is 3. The lowest BCUT2D eigenvalue weighted by Gasteiger charge is -2.39. The van der Waals surface area contributed by atoms with E-state index in [-0.39, 0.29) is 10.6 Å². The molecule has 0 heterocycles. The summed E-state index contributed by atoms with van der Waals surface area (Å²) in [4.78, 5) is 11.1. The molecule has 130 valence electrons. The van der Waals surface area contributed by atoms with Gasteiger partial charge in [0.15, 0.2) is 8.32 Å². The van der Waals surface area contributed by atoms with Gasteiger partial charge >= 0.3 is 12.1 Å². The van der Waals surface area contributed by atoms with Gasteiger partial charge in [-0.05, 0) is 29.8 Å². The van der Waals surface area contributed by atoms with Gasteiger partial charge in [-0.15, -0.1) is 0 Å². The van der Waals surface area contributed by atoms with Gasteiger partial charge in [-0.1, -0.05) is 39.0 Å². The predicted octanol–water partition coefficient (Wildman–Crippen LogP) is 5.24. The molecule has 3 nitrogen and oxygen atoms in total. The van der Waals surface area contributed by atoms with Gasteiger partial charge in [0.25, 0.3) is 0 Å². The van der Waals surface area contributed by atoms with Gasteiger partial charge in [0.1, 0.15) is 0 Å². The van der Waals surface area contributed by atoms with Crippen LogP contribution in [-0.2, 0) is 15.4 Å². The van der Waals surface area contributed by atoms with Gasteiger partial charge in [0.2, 0.25) is 0 Å². The summed E-state index contributed by atoms with van der Waals surface area (Å²) in [5.41, 5.74) is -0.961. The quantitative estimate of drug-likeness (QED) is 0.740. The molecule has 1 N–H and O–H groups in total. The lowest BCUT2D eigenvalue weighted by atomic mass is 10.00. The van der Waals surface area contributed by atoms with Gasteiger partial charge < -0.3 is 9.53 Å². The minimum Gasteiger partial charge on any atom is -0.481 e. The van der Waals surface area contributed by atoms with Crippen LogP contribution in [0, 0.1) is 0 Å². The zero-order valence-corrected chi connectivity index (χ0v) is 15.0. The summed E-state index contributed by atoms with van der Waals surface area (Å²) < 4.78 is 45.7. The Kier molecular flexibility index (Phi) is 5.69. The molecule has 0 aliphatic rings. The smallest absolute Gasteiger partial charge is 0.416 e. The van der Waals surface area contributed by atoms with Crippen molar-refractivity contribution >= 4 is 14.3 Å². The fourth-order valence-electron chi connectivity index (χ4n) is 1.94. The Morgan fingerprint density at radius 3 is 2.17 bits per heavy atom. The molecule has 0 aromatic heterocycles. The Bertz CT molecular complexity index is 562. The summed E-state index contributed by atoms with van der Waals surface area (Å²) in [6.07, 6.45) is -6.17. The molecule has 7 heteroatoms. The average Bonchev–Trinajstić information content (AvgIpc) is 2.34. The highest BCUT2D eigenvalue weighted by atomic mass is 28.4. The highest BCUT2D eigenvalue weighted by Crippen LogP contribution is 2.43. The van der Waals surface area contributed by atoms with Crippen LogP contribution in [0.25, 0.3) is 0 Å². The molecule has 0 bridgehead atoms. The van der Waals surface area contributed by atoms with E-state index in [1.807, 2.05) is 33.9 Å². The van der Waals surface area contributed by atoms with Crippen molar-refractivity contribution in [2.75, 3.05) is 0 Å². The molecular formula is C16H23F3O3Si. The second kappa shape index (κ2) is 6.65. The Morgan fingerprint density at radius 2 is 1.74 bits per heavy atom. The minimum atomic E-state index is -4.55. The summed E-state index contributed by atoms with van der Waals surface area (Å²) >= 11 is 0. The molecule has 0 spiro atoms. The number of hydrogen-bond acceptors (Lipinski definition) is 2. The van der Waals surface area contributed by atoms with E-state index >= 15 is 0 Å². The topological polar surface area (TPSA) is 46.5 Å². The number of aliphatic carboxylic acids is 1. The Morgan fingerprint density at radius 1 is 1.22 bits per heavy atom. The molecule has 0 saturated heterocycles. The normalized spacial score (nSPS) is 14.6. The molecule has 0 saturated carbocycles. The van der Waals surface area contributed by atoms with E-state index in [0.29, 0.717) is 0 Å². The van der Waals surface area contributed by atoms with E-state index < -0.39 is 38.6 Å². The van der Waals surface area contributed by atoms with Crippen LogP contribution in [0.1, 0.15) is 44.4 Å². The Labute approximate surface area is 135 Å². The molecule has 1 aromatic rings. The van der Waals surface area contributed by atoms with Crippen LogP contribution < -0.4 is 0 Å². The maximum atomic E-state index is 13.2. The van der Waals surface area contributed by atoms with Crippen LogP contribution in [0.4, 0.5) is 13.2 Å². The van der Waals surface area contributed by atoms with Crippen LogP contribution in [0.15, 0.2) is 24.3 Å². The molecule has 0 aliphatic heterocycles. The highest BCUT2D eigenvalue weighted by Gasteiger charge is 2.42. The third-order valence-corrected chi connectivity index (χ3v) is 8.70. The number of benzene rings is 1. The standard InChI is InChI=1S/C16H23F3O3Si/c1-15(2,3)23(4,5)22-13(10-14(20)21)11-8-6-7-9-12(11)16(17,18)19/h6-9,13H,10H2,1-5H3,(H,20,21). The first kappa shape index (κ1) is 19.7. The molecule has 23 heavy (non-hydrogen) atoms. The molecule has 1 unspecified atom stereocenters. The zero-order chi connectivity index (χ0) is 18.1. The van der Waals surface area contributed by atoms with Crippen LogP contribution in [0.2, 0.25) is 18.1 Å². The lowest BCUT2D eigenvalue weighted by Crippen LogP contribution is -2.42. The summed E-state index contributed by atoms with van der Waals surface area (Å²) in [6, 6.07) is 5.01. The first-order valence-corrected chi connectivity index (χ1v) is 10.2. The van der Waals surface area contributed by atoms with Crippen molar-refractivity contribution in [1.29, 1.82) is 0 Å². The third-order valence-electron chi connectivity index (χ3n) is 4.22. The number of carbonyl (C=O) groups is 1. The van der Waals surface area contributed by atoms with Crippen LogP contribution in [0.3, 0.4) is 0 Å². The van der Waals surface area contributed by atoms with Crippen molar-refractivity contribution in [2.24, 2.45) is 0 Å². The first-order valence-electron chi connectivity index (χ1n) is 7.31. The summed E-state index contributed by atoms with van der Waals surface area (Å²) in [5, 5.41) is 8.85. The molecule has 0 radical (unpaired) electrons. The molecular weight excluding hydrogens is 325 g/mol. The van der Waals surface area contributed by atoms with Crippen molar-refractivity contribution < 1.29 is 27.5 Å². The van der Waals surface area contributed by atoms with Crippen LogP contribution >= 0.6 is 0 Å². The van der Waals surface area contributed by atoms with Crippen molar-refractivity contribution in [2.45, 2.75) is 57.6 Å². The monoisotopic (exact) mass is 348 g/mol. The Balaban J connectivity index is 3.32. The second-order valence-corrected chi connectivity index (χ2v) is 11.8. The SMILES string of the molecule is CC(C)(C)[Si](C)(C)OC(CC(=O)O)c1ccccc1C(F)(F)F. The second-order valence-electron chi connectivity index (χ2n) is 7.05. The number of carboxylic acid groups (broad SMARTS) is 1.